The van der Waals surface area contributed by atoms with Gasteiger partial charge in [0.25, 0.3) is 0 Å². The monoisotopic (exact) mass is 406 g/mol. The summed E-state index contributed by atoms with van der Waals surface area (Å²) in [6.45, 7) is 8.16. The summed E-state index contributed by atoms with van der Waals surface area (Å²) in [6, 6.07) is 20.7. The van der Waals surface area contributed by atoms with Crippen molar-refractivity contribution >= 4 is 5.91 Å². The van der Waals surface area contributed by atoms with E-state index in [4.69, 9.17) is 0 Å². The van der Waals surface area contributed by atoms with Crippen LogP contribution in [0.4, 0.5) is 4.39 Å². The lowest BCUT2D eigenvalue weighted by molar-refractivity contribution is -0.134. The van der Waals surface area contributed by atoms with Crippen molar-refractivity contribution in [1.82, 2.24) is 9.47 Å². The Bertz CT molecular complexity index is 948. The lowest BCUT2D eigenvalue weighted by atomic mass is 9.94. The number of amides is 1. The van der Waals surface area contributed by atoms with E-state index in [0.717, 1.165) is 23.2 Å². The van der Waals surface area contributed by atoms with Gasteiger partial charge in [0, 0.05) is 25.0 Å². The fourth-order valence-corrected chi connectivity index (χ4v) is 3.91. The molecule has 2 aromatic carbocycles. The summed E-state index contributed by atoms with van der Waals surface area (Å²) in [7, 11) is 0. The van der Waals surface area contributed by atoms with Crippen LogP contribution in [0.3, 0.4) is 0 Å². The molecule has 0 saturated heterocycles. The van der Waals surface area contributed by atoms with Crippen molar-refractivity contribution in [3.05, 3.63) is 95.6 Å². The molecule has 0 radical (unpaired) electrons. The van der Waals surface area contributed by atoms with Crippen molar-refractivity contribution in [2.75, 3.05) is 6.54 Å². The summed E-state index contributed by atoms with van der Waals surface area (Å²) >= 11 is 0. The van der Waals surface area contributed by atoms with Gasteiger partial charge in [0.15, 0.2) is 0 Å². The van der Waals surface area contributed by atoms with Crippen LogP contribution >= 0.6 is 0 Å². The maximum atomic E-state index is 13.6. The van der Waals surface area contributed by atoms with Crippen LogP contribution in [0.1, 0.15) is 49.9 Å². The predicted octanol–water partition coefficient (Wildman–Crippen LogP) is 5.85. The van der Waals surface area contributed by atoms with E-state index in [2.05, 4.69) is 25.3 Å². The molecule has 0 fully saturated rings. The van der Waals surface area contributed by atoms with Crippen LogP contribution in [0.25, 0.3) is 0 Å². The summed E-state index contributed by atoms with van der Waals surface area (Å²) in [4.78, 5) is 15.5. The van der Waals surface area contributed by atoms with Crippen molar-refractivity contribution < 1.29 is 9.18 Å². The third-order valence-electron chi connectivity index (χ3n) is 5.32. The summed E-state index contributed by atoms with van der Waals surface area (Å²) in [5, 5.41) is 0. The molecule has 1 amide bonds. The van der Waals surface area contributed by atoms with Crippen LogP contribution in [-0.2, 0) is 17.9 Å². The van der Waals surface area contributed by atoms with Crippen LogP contribution in [0.15, 0.2) is 72.9 Å². The van der Waals surface area contributed by atoms with Crippen molar-refractivity contribution in [3.8, 4) is 0 Å². The van der Waals surface area contributed by atoms with Gasteiger partial charge in [-0.3, -0.25) is 4.79 Å². The van der Waals surface area contributed by atoms with E-state index in [1.54, 1.807) is 12.1 Å². The predicted molar refractivity (Wildman–Crippen MR) is 120 cm³/mol. The molecule has 0 N–H and O–H groups in total. The SMILES string of the molecule is CCC(C(=O)N(Cc1cccn1Cc1cccc(F)c1)CC(C)C)c1ccccc1. The molecule has 0 aliphatic rings. The fourth-order valence-electron chi connectivity index (χ4n) is 3.91. The molecule has 3 nitrogen and oxygen atoms in total. The number of aromatic nitrogens is 1. The highest BCUT2D eigenvalue weighted by Gasteiger charge is 2.25. The van der Waals surface area contributed by atoms with Crippen molar-refractivity contribution in [2.45, 2.75) is 46.2 Å². The standard InChI is InChI=1S/C26H31FN2O/c1-4-25(22-11-6-5-7-12-22)26(30)29(17-20(2)3)19-24-14-9-15-28(24)18-21-10-8-13-23(27)16-21/h5-16,20,25H,4,17-19H2,1-3H3. The van der Waals surface area contributed by atoms with Crippen LogP contribution in [0, 0.1) is 11.7 Å². The Morgan fingerprint density at radius 3 is 2.47 bits per heavy atom. The Hall–Kier alpha value is -2.88. The minimum Gasteiger partial charge on any atom is -0.345 e. The van der Waals surface area contributed by atoms with Crippen LogP contribution in [0.5, 0.6) is 0 Å². The van der Waals surface area contributed by atoms with E-state index < -0.39 is 0 Å². The van der Waals surface area contributed by atoms with Gasteiger partial charge in [-0.05, 0) is 47.7 Å². The molecule has 0 aliphatic heterocycles. The van der Waals surface area contributed by atoms with E-state index in [1.165, 1.54) is 6.07 Å². The highest BCUT2D eigenvalue weighted by atomic mass is 19.1. The third kappa shape index (κ3) is 5.59. The molecule has 158 valence electrons. The molecule has 4 heteroatoms. The second kappa shape index (κ2) is 10.2. The minimum atomic E-state index is -0.230. The van der Waals surface area contributed by atoms with Crippen molar-refractivity contribution in [3.63, 3.8) is 0 Å². The van der Waals surface area contributed by atoms with Crippen LogP contribution < -0.4 is 0 Å². The molecule has 0 spiro atoms. The molecule has 0 aliphatic carbocycles. The van der Waals surface area contributed by atoms with E-state index >= 15 is 0 Å². The van der Waals surface area contributed by atoms with Gasteiger partial charge in [-0.1, -0.05) is 63.2 Å². The first-order valence-corrected chi connectivity index (χ1v) is 10.7. The van der Waals surface area contributed by atoms with Crippen molar-refractivity contribution in [2.24, 2.45) is 5.92 Å². The van der Waals surface area contributed by atoms with Gasteiger partial charge >= 0.3 is 0 Å². The number of nitrogens with zero attached hydrogens (tertiary/aromatic N) is 2. The lowest BCUT2D eigenvalue weighted by Crippen LogP contribution is -2.37. The second-order valence-corrected chi connectivity index (χ2v) is 8.24. The molecule has 30 heavy (non-hydrogen) atoms. The summed E-state index contributed by atoms with van der Waals surface area (Å²) in [6.07, 6.45) is 2.76. The van der Waals surface area contributed by atoms with Gasteiger partial charge in [0.05, 0.1) is 12.5 Å². The number of benzene rings is 2. The second-order valence-electron chi connectivity index (χ2n) is 8.24. The Morgan fingerprint density at radius 1 is 1.03 bits per heavy atom. The third-order valence-corrected chi connectivity index (χ3v) is 5.32. The largest absolute Gasteiger partial charge is 0.345 e. The van der Waals surface area contributed by atoms with Gasteiger partial charge in [-0.15, -0.1) is 0 Å². The molecule has 1 atom stereocenters. The lowest BCUT2D eigenvalue weighted by Gasteiger charge is -2.29. The zero-order valence-electron chi connectivity index (χ0n) is 18.1. The topological polar surface area (TPSA) is 25.2 Å². The fraction of sp³-hybridized carbons (Fsp3) is 0.346. The number of carbonyl (C=O) groups excluding carboxylic acids is 1. The van der Waals surface area contributed by atoms with Crippen LogP contribution in [-0.4, -0.2) is 21.9 Å². The molecule has 3 aromatic rings. The van der Waals surface area contributed by atoms with Gasteiger partial charge in [-0.2, -0.15) is 0 Å². The molecule has 1 unspecified atom stereocenters. The average molecular weight is 407 g/mol. The van der Waals surface area contributed by atoms with E-state index in [1.807, 2.05) is 59.6 Å². The van der Waals surface area contributed by atoms with Crippen LogP contribution in [0.2, 0.25) is 0 Å². The molecule has 3 rings (SSSR count). The first kappa shape index (κ1) is 21.8. The highest BCUT2D eigenvalue weighted by molar-refractivity contribution is 5.83. The quantitative estimate of drug-likeness (QED) is 0.437. The molecular weight excluding hydrogens is 375 g/mol. The summed E-state index contributed by atoms with van der Waals surface area (Å²) in [5.41, 5.74) is 3.02. The zero-order valence-corrected chi connectivity index (χ0v) is 18.1. The van der Waals surface area contributed by atoms with E-state index in [-0.39, 0.29) is 17.6 Å². The molecule has 1 heterocycles. The van der Waals surface area contributed by atoms with Crippen molar-refractivity contribution in [1.29, 1.82) is 0 Å². The number of hydrogen-bond donors (Lipinski definition) is 0. The summed E-state index contributed by atoms with van der Waals surface area (Å²) in [5.74, 6) is 0.160. The number of halogens is 1. The minimum absolute atomic E-state index is 0.142. The zero-order chi connectivity index (χ0) is 21.5. The maximum Gasteiger partial charge on any atom is 0.230 e. The van der Waals surface area contributed by atoms with Gasteiger partial charge in [-0.25, -0.2) is 4.39 Å². The Balaban J connectivity index is 1.82. The molecule has 0 saturated carbocycles. The number of rotatable bonds is 9. The Morgan fingerprint density at radius 2 is 1.80 bits per heavy atom. The van der Waals surface area contributed by atoms with Gasteiger partial charge in [0.1, 0.15) is 5.82 Å². The summed E-state index contributed by atoms with van der Waals surface area (Å²) < 4.78 is 15.7. The first-order chi connectivity index (χ1) is 14.5. The number of hydrogen-bond acceptors (Lipinski definition) is 1. The van der Waals surface area contributed by atoms with E-state index in [9.17, 15) is 9.18 Å². The van der Waals surface area contributed by atoms with Gasteiger partial charge < -0.3 is 9.47 Å². The molecule has 1 aromatic heterocycles. The smallest absolute Gasteiger partial charge is 0.230 e. The molecular formula is C26H31FN2O. The normalized spacial score (nSPS) is 12.2. The number of carbonyl (C=O) groups is 1. The average Bonchev–Trinajstić information content (AvgIpc) is 3.15. The molecule has 0 bridgehead atoms. The Kier molecular flexibility index (Phi) is 7.45. The Labute approximate surface area is 179 Å². The van der Waals surface area contributed by atoms with Gasteiger partial charge in [0.2, 0.25) is 5.91 Å². The first-order valence-electron chi connectivity index (χ1n) is 10.7. The maximum absolute atomic E-state index is 13.6. The van der Waals surface area contributed by atoms with E-state index in [0.29, 0.717) is 25.6 Å². The highest BCUT2D eigenvalue weighted by Crippen LogP contribution is 2.24.